The van der Waals surface area contributed by atoms with Gasteiger partial charge in [-0.15, -0.1) is 0 Å². The Bertz CT molecular complexity index is 734. The van der Waals surface area contributed by atoms with Crippen LogP contribution in [0.4, 0.5) is 5.69 Å². The summed E-state index contributed by atoms with van der Waals surface area (Å²) in [6, 6.07) is 11.9. The van der Waals surface area contributed by atoms with Crippen molar-refractivity contribution in [3.05, 3.63) is 53.1 Å². The standard InChI is InChI=1S/C17H17ClN2O4/c1-2-23-16-9-12(10-19-22)7-8-15(16)24-11-17(21)20-14-6-4-3-5-13(14)18/h3-10,22H,2,11H2,1H3,(H,20,21)/b19-10+. The summed E-state index contributed by atoms with van der Waals surface area (Å²) in [6.07, 6.45) is 1.27. The molecule has 126 valence electrons. The fourth-order valence-corrected chi connectivity index (χ4v) is 2.13. The number of ether oxygens (including phenoxy) is 2. The highest BCUT2D eigenvalue weighted by molar-refractivity contribution is 6.33. The summed E-state index contributed by atoms with van der Waals surface area (Å²) >= 11 is 5.99. The van der Waals surface area contributed by atoms with E-state index in [2.05, 4.69) is 10.5 Å². The molecular weight excluding hydrogens is 332 g/mol. The number of nitrogens with one attached hydrogen (secondary N) is 1. The molecule has 2 aromatic rings. The molecule has 2 N–H and O–H groups in total. The summed E-state index contributed by atoms with van der Waals surface area (Å²) < 4.78 is 11.0. The number of carbonyl (C=O) groups excluding carboxylic acids is 1. The van der Waals surface area contributed by atoms with Crippen molar-refractivity contribution in [1.29, 1.82) is 0 Å². The number of carbonyl (C=O) groups is 1. The maximum atomic E-state index is 12.0. The molecule has 0 unspecified atom stereocenters. The molecule has 0 aromatic heterocycles. The molecule has 0 aliphatic heterocycles. The van der Waals surface area contributed by atoms with Gasteiger partial charge in [-0.2, -0.15) is 0 Å². The van der Waals surface area contributed by atoms with Gasteiger partial charge in [0.1, 0.15) is 0 Å². The third-order valence-corrected chi connectivity index (χ3v) is 3.31. The van der Waals surface area contributed by atoms with Crippen molar-refractivity contribution in [2.45, 2.75) is 6.92 Å². The predicted molar refractivity (Wildman–Crippen MR) is 92.6 cm³/mol. The molecule has 6 nitrogen and oxygen atoms in total. The van der Waals surface area contributed by atoms with Crippen LogP contribution in [0.1, 0.15) is 12.5 Å². The summed E-state index contributed by atoms with van der Waals surface area (Å²) in [5, 5.41) is 14.7. The Balaban J connectivity index is 2.02. The number of halogens is 1. The number of anilines is 1. The van der Waals surface area contributed by atoms with Gasteiger partial charge < -0.3 is 20.0 Å². The fraction of sp³-hybridized carbons (Fsp3) is 0.176. The summed E-state index contributed by atoms with van der Waals surface area (Å²) in [5.74, 6) is 0.535. The average molecular weight is 349 g/mol. The summed E-state index contributed by atoms with van der Waals surface area (Å²) in [4.78, 5) is 12.0. The van der Waals surface area contributed by atoms with Crippen LogP contribution in [0.15, 0.2) is 47.6 Å². The van der Waals surface area contributed by atoms with Crippen molar-refractivity contribution in [3.8, 4) is 11.5 Å². The molecule has 0 aliphatic carbocycles. The van der Waals surface area contributed by atoms with Crippen LogP contribution in [0.3, 0.4) is 0 Å². The van der Waals surface area contributed by atoms with E-state index in [1.807, 2.05) is 6.92 Å². The molecule has 24 heavy (non-hydrogen) atoms. The first-order chi connectivity index (χ1) is 11.6. The Kier molecular flexibility index (Phi) is 6.45. The molecule has 0 saturated heterocycles. The van der Waals surface area contributed by atoms with Crippen molar-refractivity contribution in [3.63, 3.8) is 0 Å². The van der Waals surface area contributed by atoms with Gasteiger partial charge >= 0.3 is 0 Å². The van der Waals surface area contributed by atoms with E-state index < -0.39 is 0 Å². The van der Waals surface area contributed by atoms with Crippen LogP contribution in [0.2, 0.25) is 5.02 Å². The minimum Gasteiger partial charge on any atom is -0.490 e. The number of nitrogens with zero attached hydrogens (tertiary/aromatic N) is 1. The molecule has 1 amide bonds. The highest BCUT2D eigenvalue weighted by atomic mass is 35.5. The quantitative estimate of drug-likeness (QED) is 0.455. The minimum atomic E-state index is -0.341. The smallest absolute Gasteiger partial charge is 0.262 e. The van der Waals surface area contributed by atoms with Gasteiger partial charge in [0.05, 0.1) is 23.5 Å². The molecule has 0 aliphatic rings. The molecule has 2 rings (SSSR count). The Morgan fingerprint density at radius 2 is 2.04 bits per heavy atom. The molecule has 7 heteroatoms. The van der Waals surface area contributed by atoms with Crippen LogP contribution in [-0.4, -0.2) is 30.5 Å². The Hall–Kier alpha value is -2.73. The normalized spacial score (nSPS) is 10.6. The fourth-order valence-electron chi connectivity index (χ4n) is 1.95. The molecule has 0 bridgehead atoms. The number of oxime groups is 1. The van der Waals surface area contributed by atoms with E-state index in [9.17, 15) is 4.79 Å². The molecule has 0 spiro atoms. The van der Waals surface area contributed by atoms with Gasteiger partial charge in [-0.1, -0.05) is 28.9 Å². The highest BCUT2D eigenvalue weighted by Gasteiger charge is 2.10. The zero-order valence-corrected chi connectivity index (χ0v) is 13.8. The molecule has 2 aromatic carbocycles. The van der Waals surface area contributed by atoms with E-state index in [-0.39, 0.29) is 12.5 Å². The minimum absolute atomic E-state index is 0.196. The molecule has 0 atom stereocenters. The molecule has 0 fully saturated rings. The summed E-state index contributed by atoms with van der Waals surface area (Å²) in [7, 11) is 0. The lowest BCUT2D eigenvalue weighted by atomic mass is 10.2. The van der Waals surface area contributed by atoms with Crippen LogP contribution >= 0.6 is 11.6 Å². The third-order valence-electron chi connectivity index (χ3n) is 2.98. The second-order valence-corrected chi connectivity index (χ2v) is 5.11. The summed E-state index contributed by atoms with van der Waals surface area (Å²) in [6.45, 7) is 2.07. The number of para-hydroxylation sites is 1. The predicted octanol–water partition coefficient (Wildman–Crippen LogP) is 3.56. The number of hydrogen-bond donors (Lipinski definition) is 2. The van der Waals surface area contributed by atoms with Crippen molar-refractivity contribution >= 4 is 29.4 Å². The average Bonchev–Trinajstić information content (AvgIpc) is 2.57. The second kappa shape index (κ2) is 8.79. The maximum absolute atomic E-state index is 12.0. The first-order valence-corrected chi connectivity index (χ1v) is 7.63. The van der Waals surface area contributed by atoms with Crippen molar-refractivity contribution < 1.29 is 19.5 Å². The number of benzene rings is 2. The third kappa shape index (κ3) is 4.89. The van der Waals surface area contributed by atoms with Crippen LogP contribution in [-0.2, 0) is 4.79 Å². The van der Waals surface area contributed by atoms with Crippen molar-refractivity contribution in [2.75, 3.05) is 18.5 Å². The van der Waals surface area contributed by atoms with E-state index in [0.717, 1.165) is 0 Å². The lowest BCUT2D eigenvalue weighted by molar-refractivity contribution is -0.118. The van der Waals surface area contributed by atoms with E-state index in [1.165, 1.54) is 6.21 Å². The van der Waals surface area contributed by atoms with Crippen molar-refractivity contribution in [1.82, 2.24) is 0 Å². The Morgan fingerprint density at radius 1 is 1.25 bits per heavy atom. The zero-order valence-electron chi connectivity index (χ0n) is 13.0. The van der Waals surface area contributed by atoms with E-state index in [0.29, 0.717) is 34.4 Å². The maximum Gasteiger partial charge on any atom is 0.262 e. The summed E-state index contributed by atoms with van der Waals surface area (Å²) in [5.41, 5.74) is 1.17. The first-order valence-electron chi connectivity index (χ1n) is 7.25. The van der Waals surface area contributed by atoms with Gasteiger partial charge in [0, 0.05) is 5.56 Å². The van der Waals surface area contributed by atoms with Gasteiger partial charge in [-0.25, -0.2) is 0 Å². The van der Waals surface area contributed by atoms with Crippen LogP contribution in [0, 0.1) is 0 Å². The topological polar surface area (TPSA) is 80.2 Å². The van der Waals surface area contributed by atoms with Crippen LogP contribution < -0.4 is 14.8 Å². The van der Waals surface area contributed by atoms with Gasteiger partial charge in [0.25, 0.3) is 5.91 Å². The van der Waals surface area contributed by atoms with E-state index in [4.69, 9.17) is 26.3 Å². The van der Waals surface area contributed by atoms with Gasteiger partial charge in [0.15, 0.2) is 18.1 Å². The lowest BCUT2D eigenvalue weighted by Crippen LogP contribution is -2.20. The van der Waals surface area contributed by atoms with Crippen LogP contribution in [0.5, 0.6) is 11.5 Å². The molecule has 0 radical (unpaired) electrons. The second-order valence-electron chi connectivity index (χ2n) is 4.70. The number of hydrogen-bond acceptors (Lipinski definition) is 5. The first kappa shape index (κ1) is 17.6. The zero-order chi connectivity index (χ0) is 17.4. The van der Waals surface area contributed by atoms with Crippen LogP contribution in [0.25, 0.3) is 0 Å². The monoisotopic (exact) mass is 348 g/mol. The molecule has 0 saturated carbocycles. The SMILES string of the molecule is CCOc1cc(/C=N/O)ccc1OCC(=O)Nc1ccccc1Cl. The molecular formula is C17H17ClN2O4. The van der Waals surface area contributed by atoms with Crippen molar-refractivity contribution in [2.24, 2.45) is 5.16 Å². The van der Waals surface area contributed by atoms with E-state index >= 15 is 0 Å². The van der Waals surface area contributed by atoms with E-state index in [1.54, 1.807) is 42.5 Å². The number of rotatable bonds is 7. The number of amides is 1. The Morgan fingerprint density at radius 3 is 2.75 bits per heavy atom. The van der Waals surface area contributed by atoms with Gasteiger partial charge in [-0.05, 0) is 37.3 Å². The highest BCUT2D eigenvalue weighted by Crippen LogP contribution is 2.28. The Labute approximate surface area is 144 Å². The lowest BCUT2D eigenvalue weighted by Gasteiger charge is -2.13. The van der Waals surface area contributed by atoms with Gasteiger partial charge in [0.2, 0.25) is 0 Å². The molecule has 0 heterocycles. The van der Waals surface area contributed by atoms with Gasteiger partial charge in [-0.3, -0.25) is 4.79 Å². The largest absolute Gasteiger partial charge is 0.490 e.